The van der Waals surface area contributed by atoms with Crippen LogP contribution in [0.5, 0.6) is 0 Å². The number of thiophene rings is 1. The van der Waals surface area contributed by atoms with E-state index in [2.05, 4.69) is 10.3 Å². The first-order chi connectivity index (χ1) is 9.52. The van der Waals surface area contributed by atoms with Crippen molar-refractivity contribution in [1.82, 2.24) is 14.9 Å². The van der Waals surface area contributed by atoms with Gasteiger partial charge in [0.25, 0.3) is 5.56 Å². The molecule has 0 bridgehead atoms. The van der Waals surface area contributed by atoms with Crippen molar-refractivity contribution in [2.75, 3.05) is 20.3 Å². The minimum Gasteiger partial charge on any atom is -0.383 e. The fourth-order valence-corrected chi connectivity index (χ4v) is 2.70. The molecule has 2 aromatic rings. The topological polar surface area (TPSA) is 93.2 Å². The van der Waals surface area contributed by atoms with Gasteiger partial charge >= 0.3 is 5.69 Å². The van der Waals surface area contributed by atoms with Gasteiger partial charge in [0.05, 0.1) is 12.0 Å². The number of H-pyrrole nitrogens is 1. The predicted molar refractivity (Wildman–Crippen MR) is 76.3 cm³/mol. The number of nitrogens with one attached hydrogen (secondary N) is 2. The van der Waals surface area contributed by atoms with Crippen molar-refractivity contribution < 1.29 is 9.53 Å². The number of fused-ring (bicyclic) bond motifs is 1. The standard InChI is InChI=1S/C12H15N3O4S/c1-7-5-8-10(20-7)14-12(18)15(11(8)17)6-9(16)13-3-4-19-2/h5H,3-4,6H2,1-2H3,(H,13,16)(H,14,18). The Morgan fingerprint density at radius 1 is 1.50 bits per heavy atom. The SMILES string of the molecule is COCCNC(=O)Cn1c(=O)[nH]c2sc(C)cc2c1=O. The van der Waals surface area contributed by atoms with E-state index in [4.69, 9.17) is 4.74 Å². The molecule has 0 saturated heterocycles. The second-order valence-electron chi connectivity index (χ2n) is 4.26. The van der Waals surface area contributed by atoms with Crippen molar-refractivity contribution in [2.45, 2.75) is 13.5 Å². The van der Waals surface area contributed by atoms with Crippen LogP contribution < -0.4 is 16.6 Å². The molecule has 20 heavy (non-hydrogen) atoms. The van der Waals surface area contributed by atoms with Crippen LogP contribution in [0.4, 0.5) is 0 Å². The zero-order chi connectivity index (χ0) is 14.7. The Hall–Kier alpha value is -1.93. The van der Waals surface area contributed by atoms with Gasteiger partial charge in [0.2, 0.25) is 5.91 Å². The maximum Gasteiger partial charge on any atom is 0.329 e. The first kappa shape index (κ1) is 14.5. The average molecular weight is 297 g/mol. The van der Waals surface area contributed by atoms with Crippen LogP contribution in [0, 0.1) is 6.92 Å². The third-order valence-electron chi connectivity index (χ3n) is 2.73. The predicted octanol–water partition coefficient (Wildman–Crippen LogP) is -0.178. The second kappa shape index (κ2) is 6.02. The molecule has 0 saturated carbocycles. The summed E-state index contributed by atoms with van der Waals surface area (Å²) in [7, 11) is 1.52. The summed E-state index contributed by atoms with van der Waals surface area (Å²) in [5.41, 5.74) is -1.03. The summed E-state index contributed by atoms with van der Waals surface area (Å²) < 4.78 is 5.70. The first-order valence-electron chi connectivity index (χ1n) is 6.02. The quantitative estimate of drug-likeness (QED) is 0.749. The fourth-order valence-electron chi connectivity index (χ4n) is 1.80. The number of hydrogen-bond donors (Lipinski definition) is 2. The Bertz CT molecular complexity index is 743. The molecule has 2 rings (SSSR count). The van der Waals surface area contributed by atoms with E-state index in [1.807, 2.05) is 6.92 Å². The number of nitrogens with zero attached hydrogens (tertiary/aromatic N) is 1. The van der Waals surface area contributed by atoms with Gasteiger partial charge in [-0.25, -0.2) is 4.79 Å². The number of aromatic amines is 1. The molecule has 108 valence electrons. The zero-order valence-corrected chi connectivity index (χ0v) is 12.0. The molecule has 0 atom stereocenters. The van der Waals surface area contributed by atoms with Crippen molar-refractivity contribution in [3.63, 3.8) is 0 Å². The van der Waals surface area contributed by atoms with E-state index in [1.165, 1.54) is 18.4 Å². The Kier molecular flexibility index (Phi) is 4.35. The molecule has 0 aromatic carbocycles. The third-order valence-corrected chi connectivity index (χ3v) is 3.69. The highest BCUT2D eigenvalue weighted by atomic mass is 32.1. The summed E-state index contributed by atoms with van der Waals surface area (Å²) in [5.74, 6) is -0.402. The molecular formula is C12H15N3O4S. The van der Waals surface area contributed by atoms with Crippen molar-refractivity contribution in [2.24, 2.45) is 0 Å². The third kappa shape index (κ3) is 2.97. The monoisotopic (exact) mass is 297 g/mol. The molecule has 2 aromatic heterocycles. The number of methoxy groups -OCH3 is 1. The summed E-state index contributed by atoms with van der Waals surface area (Å²) in [5, 5.41) is 2.99. The molecule has 7 nitrogen and oxygen atoms in total. The number of carbonyl (C=O) groups excluding carboxylic acids is 1. The summed E-state index contributed by atoms with van der Waals surface area (Å²) in [6.07, 6.45) is 0. The van der Waals surface area contributed by atoms with Gasteiger partial charge in [-0.05, 0) is 13.0 Å². The zero-order valence-electron chi connectivity index (χ0n) is 11.2. The lowest BCUT2D eigenvalue weighted by Gasteiger charge is -2.06. The molecule has 0 aliphatic heterocycles. The van der Waals surface area contributed by atoms with Crippen LogP contribution >= 0.6 is 11.3 Å². The van der Waals surface area contributed by atoms with Gasteiger partial charge in [-0.15, -0.1) is 11.3 Å². The Morgan fingerprint density at radius 3 is 2.95 bits per heavy atom. The van der Waals surface area contributed by atoms with Gasteiger partial charge in [-0.1, -0.05) is 0 Å². The summed E-state index contributed by atoms with van der Waals surface area (Å²) in [4.78, 5) is 39.7. The van der Waals surface area contributed by atoms with E-state index in [0.717, 1.165) is 9.44 Å². The molecule has 0 spiro atoms. The number of amides is 1. The highest BCUT2D eigenvalue weighted by Gasteiger charge is 2.12. The lowest BCUT2D eigenvalue weighted by molar-refractivity contribution is -0.121. The molecule has 1 amide bonds. The van der Waals surface area contributed by atoms with E-state index in [9.17, 15) is 14.4 Å². The Balaban J connectivity index is 2.28. The number of ether oxygens (including phenoxy) is 1. The van der Waals surface area contributed by atoms with Crippen LogP contribution in [0.3, 0.4) is 0 Å². The normalized spacial score (nSPS) is 10.9. The molecule has 0 fully saturated rings. The molecule has 0 radical (unpaired) electrons. The minimum absolute atomic E-state index is 0.303. The van der Waals surface area contributed by atoms with E-state index < -0.39 is 17.2 Å². The Labute approximate surface area is 118 Å². The van der Waals surface area contributed by atoms with Crippen molar-refractivity contribution in [3.05, 3.63) is 31.8 Å². The lowest BCUT2D eigenvalue weighted by Crippen LogP contribution is -2.40. The summed E-state index contributed by atoms with van der Waals surface area (Å²) in [6.45, 7) is 2.26. The van der Waals surface area contributed by atoms with E-state index in [-0.39, 0.29) is 6.54 Å². The fraction of sp³-hybridized carbons (Fsp3) is 0.417. The first-order valence-corrected chi connectivity index (χ1v) is 6.83. The number of rotatable bonds is 5. The maximum absolute atomic E-state index is 12.2. The summed E-state index contributed by atoms with van der Waals surface area (Å²) >= 11 is 1.34. The van der Waals surface area contributed by atoms with Gasteiger partial charge < -0.3 is 10.1 Å². The molecule has 2 heterocycles. The Morgan fingerprint density at radius 2 is 2.25 bits per heavy atom. The van der Waals surface area contributed by atoms with Crippen LogP contribution in [0.1, 0.15) is 4.88 Å². The number of aromatic nitrogens is 2. The lowest BCUT2D eigenvalue weighted by atomic mass is 10.3. The maximum atomic E-state index is 12.2. The molecule has 0 unspecified atom stereocenters. The van der Waals surface area contributed by atoms with Gasteiger partial charge in [0.1, 0.15) is 11.4 Å². The van der Waals surface area contributed by atoms with Gasteiger partial charge in [0.15, 0.2) is 0 Å². The number of aryl methyl sites for hydroxylation is 1. The molecule has 0 aliphatic rings. The number of hydrogen-bond acceptors (Lipinski definition) is 5. The summed E-state index contributed by atoms with van der Waals surface area (Å²) in [6, 6.07) is 1.71. The van der Waals surface area contributed by atoms with Crippen LogP contribution in [0.15, 0.2) is 15.7 Å². The van der Waals surface area contributed by atoms with Gasteiger partial charge in [-0.2, -0.15) is 0 Å². The van der Waals surface area contributed by atoms with Crippen molar-refractivity contribution in [3.8, 4) is 0 Å². The second-order valence-corrected chi connectivity index (χ2v) is 5.52. The van der Waals surface area contributed by atoms with Gasteiger partial charge in [-0.3, -0.25) is 19.1 Å². The van der Waals surface area contributed by atoms with Crippen LogP contribution in [0.25, 0.3) is 10.2 Å². The van der Waals surface area contributed by atoms with E-state index in [1.54, 1.807) is 6.07 Å². The highest BCUT2D eigenvalue weighted by Crippen LogP contribution is 2.18. The van der Waals surface area contributed by atoms with Crippen molar-refractivity contribution >= 4 is 27.5 Å². The highest BCUT2D eigenvalue weighted by molar-refractivity contribution is 7.18. The van der Waals surface area contributed by atoms with Crippen molar-refractivity contribution in [1.29, 1.82) is 0 Å². The van der Waals surface area contributed by atoms with Gasteiger partial charge in [0, 0.05) is 18.5 Å². The molecule has 8 heteroatoms. The van der Waals surface area contributed by atoms with Crippen LogP contribution in [-0.2, 0) is 16.1 Å². The molecule has 2 N–H and O–H groups in total. The van der Waals surface area contributed by atoms with E-state index >= 15 is 0 Å². The number of carbonyl (C=O) groups is 1. The van der Waals surface area contributed by atoms with Crippen LogP contribution in [-0.4, -0.2) is 35.7 Å². The van der Waals surface area contributed by atoms with Crippen LogP contribution in [0.2, 0.25) is 0 Å². The molecular weight excluding hydrogens is 282 g/mol. The van der Waals surface area contributed by atoms with E-state index in [0.29, 0.717) is 23.4 Å². The minimum atomic E-state index is -0.578. The molecule has 0 aliphatic carbocycles. The largest absolute Gasteiger partial charge is 0.383 e. The smallest absolute Gasteiger partial charge is 0.329 e. The average Bonchev–Trinajstić information content (AvgIpc) is 2.75.